The number of carbonyl (C=O) groups excluding carboxylic acids is 1. The minimum atomic E-state index is -0.0478. The van der Waals surface area contributed by atoms with Crippen LogP contribution in [0.2, 0.25) is 5.02 Å². The lowest BCUT2D eigenvalue weighted by Crippen LogP contribution is -2.32. The van der Waals surface area contributed by atoms with Crippen molar-refractivity contribution in [2.45, 2.75) is 20.4 Å². The molecule has 1 heterocycles. The molecule has 6 heteroatoms. The number of hydrogen-bond donors (Lipinski definition) is 1. The van der Waals surface area contributed by atoms with Crippen LogP contribution in [0, 0.1) is 6.92 Å². The molecule has 0 saturated carbocycles. The van der Waals surface area contributed by atoms with Gasteiger partial charge in [0.05, 0.1) is 23.3 Å². The number of carbonyl (C=O) groups is 1. The van der Waals surface area contributed by atoms with Crippen LogP contribution in [-0.2, 0) is 11.3 Å². The Morgan fingerprint density at radius 2 is 2.08 bits per heavy atom. The highest BCUT2D eigenvalue weighted by molar-refractivity contribution is 7.18. The molecule has 2 aromatic carbocycles. The second-order valence-electron chi connectivity index (χ2n) is 5.89. The number of anilines is 1. The van der Waals surface area contributed by atoms with E-state index < -0.39 is 0 Å². The molecular weight excluding hydrogens is 354 g/mol. The van der Waals surface area contributed by atoms with Gasteiger partial charge in [-0.05, 0) is 43.3 Å². The molecule has 130 valence electrons. The van der Waals surface area contributed by atoms with Crippen LogP contribution < -0.4 is 5.32 Å². The molecule has 0 atom stereocenters. The number of para-hydroxylation sites is 1. The van der Waals surface area contributed by atoms with Gasteiger partial charge in [0.2, 0.25) is 5.91 Å². The lowest BCUT2D eigenvalue weighted by Gasteiger charge is -2.19. The summed E-state index contributed by atoms with van der Waals surface area (Å²) in [5, 5.41) is 4.58. The molecule has 0 aliphatic carbocycles. The topological polar surface area (TPSA) is 45.2 Å². The summed E-state index contributed by atoms with van der Waals surface area (Å²) in [6, 6.07) is 13.6. The number of nitrogens with one attached hydrogen (secondary N) is 1. The van der Waals surface area contributed by atoms with Crippen molar-refractivity contribution in [2.24, 2.45) is 0 Å². The van der Waals surface area contributed by atoms with Gasteiger partial charge in [0.25, 0.3) is 0 Å². The Balaban J connectivity index is 1.65. The number of benzene rings is 2. The molecule has 4 nitrogen and oxygen atoms in total. The summed E-state index contributed by atoms with van der Waals surface area (Å²) in [5.74, 6) is -0.0478. The van der Waals surface area contributed by atoms with Gasteiger partial charge in [0.1, 0.15) is 5.01 Å². The number of halogens is 1. The molecule has 0 aliphatic rings. The van der Waals surface area contributed by atoms with Crippen molar-refractivity contribution in [2.75, 3.05) is 18.4 Å². The van der Waals surface area contributed by atoms with E-state index in [-0.39, 0.29) is 5.91 Å². The summed E-state index contributed by atoms with van der Waals surface area (Å²) in [4.78, 5) is 19.1. The summed E-state index contributed by atoms with van der Waals surface area (Å²) in [5.41, 5.74) is 2.76. The van der Waals surface area contributed by atoms with E-state index in [1.807, 2.05) is 44.2 Å². The van der Waals surface area contributed by atoms with E-state index in [0.29, 0.717) is 18.1 Å². The van der Waals surface area contributed by atoms with Gasteiger partial charge in [-0.2, -0.15) is 0 Å². The summed E-state index contributed by atoms with van der Waals surface area (Å²) >= 11 is 7.69. The summed E-state index contributed by atoms with van der Waals surface area (Å²) in [6.07, 6.45) is 0. The van der Waals surface area contributed by atoms with E-state index in [1.54, 1.807) is 17.4 Å². The van der Waals surface area contributed by atoms with Crippen molar-refractivity contribution >= 4 is 44.7 Å². The van der Waals surface area contributed by atoms with Crippen LogP contribution >= 0.6 is 22.9 Å². The van der Waals surface area contributed by atoms with Crippen molar-refractivity contribution in [3.63, 3.8) is 0 Å². The van der Waals surface area contributed by atoms with E-state index in [4.69, 9.17) is 11.6 Å². The Labute approximate surface area is 156 Å². The lowest BCUT2D eigenvalue weighted by atomic mass is 10.2. The molecule has 0 fully saturated rings. The fourth-order valence-electron chi connectivity index (χ4n) is 2.58. The third-order valence-electron chi connectivity index (χ3n) is 3.99. The maximum absolute atomic E-state index is 12.4. The van der Waals surface area contributed by atoms with Gasteiger partial charge >= 0.3 is 0 Å². The van der Waals surface area contributed by atoms with Crippen LogP contribution in [0.1, 0.15) is 17.5 Å². The van der Waals surface area contributed by atoms with Crippen LogP contribution in [0.25, 0.3) is 10.2 Å². The van der Waals surface area contributed by atoms with Gasteiger partial charge in [0, 0.05) is 10.7 Å². The predicted octanol–water partition coefficient (Wildman–Crippen LogP) is 4.72. The zero-order valence-electron chi connectivity index (χ0n) is 14.3. The number of fused-ring (bicyclic) bond motifs is 1. The summed E-state index contributed by atoms with van der Waals surface area (Å²) in [7, 11) is 0. The fourth-order valence-corrected chi connectivity index (χ4v) is 3.76. The quantitative estimate of drug-likeness (QED) is 0.680. The molecule has 0 aliphatic heterocycles. The maximum Gasteiger partial charge on any atom is 0.238 e. The molecule has 0 saturated heterocycles. The Bertz CT molecular complexity index is 860. The zero-order chi connectivity index (χ0) is 17.8. The van der Waals surface area contributed by atoms with Crippen molar-refractivity contribution < 1.29 is 4.79 Å². The highest BCUT2D eigenvalue weighted by Gasteiger charge is 2.13. The fraction of sp³-hybridized carbons (Fsp3) is 0.263. The SMILES string of the molecule is CCN(CC(=O)Nc1cc(Cl)ccc1C)Cc1nc2ccccc2s1. The third kappa shape index (κ3) is 4.57. The minimum Gasteiger partial charge on any atom is -0.325 e. The maximum atomic E-state index is 12.4. The van der Waals surface area contributed by atoms with Gasteiger partial charge in [0.15, 0.2) is 0 Å². The van der Waals surface area contributed by atoms with E-state index in [0.717, 1.165) is 28.3 Å². The number of thiazole rings is 1. The molecule has 1 amide bonds. The van der Waals surface area contributed by atoms with E-state index in [2.05, 4.69) is 21.3 Å². The second kappa shape index (κ2) is 7.95. The van der Waals surface area contributed by atoms with Crippen molar-refractivity contribution in [1.82, 2.24) is 9.88 Å². The van der Waals surface area contributed by atoms with Crippen molar-refractivity contribution in [1.29, 1.82) is 0 Å². The molecule has 0 spiro atoms. The smallest absolute Gasteiger partial charge is 0.238 e. The largest absolute Gasteiger partial charge is 0.325 e. The molecule has 3 rings (SSSR count). The molecule has 0 unspecified atom stereocenters. The van der Waals surface area contributed by atoms with Crippen LogP contribution in [0.5, 0.6) is 0 Å². The van der Waals surface area contributed by atoms with Crippen LogP contribution in [-0.4, -0.2) is 28.9 Å². The Kier molecular flexibility index (Phi) is 5.68. The standard InChI is InChI=1S/C19H20ClN3OS/c1-3-23(12-19-22-15-6-4-5-7-17(15)25-19)11-18(24)21-16-10-14(20)9-8-13(16)2/h4-10H,3,11-12H2,1-2H3,(H,21,24). The Morgan fingerprint density at radius 3 is 2.84 bits per heavy atom. The molecule has 0 radical (unpaired) electrons. The first-order valence-corrected chi connectivity index (χ1v) is 9.37. The average molecular weight is 374 g/mol. The first-order valence-electron chi connectivity index (χ1n) is 8.18. The van der Waals surface area contributed by atoms with Gasteiger partial charge in [-0.15, -0.1) is 11.3 Å². The van der Waals surface area contributed by atoms with Gasteiger partial charge in [-0.25, -0.2) is 4.98 Å². The number of nitrogens with zero attached hydrogens (tertiary/aromatic N) is 2. The number of likely N-dealkylation sites (N-methyl/N-ethyl adjacent to an activating group) is 1. The van der Waals surface area contributed by atoms with Gasteiger partial charge in [-0.3, -0.25) is 9.69 Å². The first-order chi connectivity index (χ1) is 12.0. The van der Waals surface area contributed by atoms with E-state index in [9.17, 15) is 4.79 Å². The predicted molar refractivity (Wildman–Crippen MR) is 105 cm³/mol. The normalized spacial score (nSPS) is 11.2. The Morgan fingerprint density at radius 1 is 1.28 bits per heavy atom. The highest BCUT2D eigenvalue weighted by Crippen LogP contribution is 2.23. The van der Waals surface area contributed by atoms with Crippen LogP contribution in [0.15, 0.2) is 42.5 Å². The molecular formula is C19H20ClN3OS. The summed E-state index contributed by atoms with van der Waals surface area (Å²) < 4.78 is 1.17. The van der Waals surface area contributed by atoms with Crippen LogP contribution in [0.4, 0.5) is 5.69 Å². The number of hydrogen-bond acceptors (Lipinski definition) is 4. The minimum absolute atomic E-state index is 0.0478. The molecule has 1 N–H and O–H groups in total. The molecule has 0 bridgehead atoms. The number of aromatic nitrogens is 1. The number of amides is 1. The summed E-state index contributed by atoms with van der Waals surface area (Å²) in [6.45, 7) is 5.75. The highest BCUT2D eigenvalue weighted by atomic mass is 35.5. The zero-order valence-corrected chi connectivity index (χ0v) is 15.8. The van der Waals surface area contributed by atoms with Gasteiger partial charge < -0.3 is 5.32 Å². The average Bonchev–Trinajstić information content (AvgIpc) is 2.99. The second-order valence-corrected chi connectivity index (χ2v) is 7.44. The molecule has 25 heavy (non-hydrogen) atoms. The first kappa shape index (κ1) is 17.9. The van der Waals surface area contributed by atoms with E-state index >= 15 is 0 Å². The van der Waals surface area contributed by atoms with Crippen molar-refractivity contribution in [3.05, 3.63) is 58.1 Å². The molecule has 3 aromatic rings. The monoisotopic (exact) mass is 373 g/mol. The van der Waals surface area contributed by atoms with Gasteiger partial charge in [-0.1, -0.05) is 36.7 Å². The molecule has 1 aromatic heterocycles. The Hall–Kier alpha value is -1.95. The third-order valence-corrected chi connectivity index (χ3v) is 5.24. The number of aryl methyl sites for hydroxylation is 1. The van der Waals surface area contributed by atoms with Crippen molar-refractivity contribution in [3.8, 4) is 0 Å². The van der Waals surface area contributed by atoms with E-state index in [1.165, 1.54) is 4.70 Å². The number of rotatable bonds is 6. The van der Waals surface area contributed by atoms with Crippen LogP contribution in [0.3, 0.4) is 0 Å². The lowest BCUT2D eigenvalue weighted by molar-refractivity contribution is -0.117.